The third-order valence-electron chi connectivity index (χ3n) is 3.67. The molecule has 0 unspecified atom stereocenters. The van der Waals surface area contributed by atoms with E-state index in [9.17, 15) is 0 Å². The van der Waals surface area contributed by atoms with Gasteiger partial charge in [-0.1, -0.05) is 28.8 Å². The van der Waals surface area contributed by atoms with Crippen molar-refractivity contribution >= 4 is 29.4 Å². The maximum atomic E-state index is 5.99. The summed E-state index contributed by atoms with van der Waals surface area (Å²) >= 11 is 7.97. The van der Waals surface area contributed by atoms with Gasteiger partial charge in [-0.25, -0.2) is 0 Å². The van der Waals surface area contributed by atoms with Crippen LogP contribution >= 0.6 is 23.4 Å². The summed E-state index contributed by atoms with van der Waals surface area (Å²) in [6.07, 6.45) is 0. The molecule has 0 spiro atoms. The molecule has 0 saturated carbocycles. The van der Waals surface area contributed by atoms with E-state index in [-0.39, 0.29) is 0 Å². The summed E-state index contributed by atoms with van der Waals surface area (Å²) in [5.41, 5.74) is 1.28. The molecular formula is C15H19ClN4OS. The fraction of sp³-hybridized carbons (Fsp3) is 0.467. The molecule has 1 fully saturated rings. The highest BCUT2D eigenvalue weighted by molar-refractivity contribution is 7.99. The Morgan fingerprint density at radius 1 is 1.32 bits per heavy atom. The SMILES string of the molecule is CN(C)c1nnc(CN2CCSC[C@H]2c2ccc(Cl)cc2)o1. The van der Waals surface area contributed by atoms with Crippen molar-refractivity contribution in [3.05, 3.63) is 40.7 Å². The topological polar surface area (TPSA) is 45.4 Å². The number of hydrogen-bond donors (Lipinski definition) is 0. The second kappa shape index (κ2) is 6.89. The van der Waals surface area contributed by atoms with Gasteiger partial charge in [0, 0.05) is 43.2 Å². The van der Waals surface area contributed by atoms with Gasteiger partial charge in [0.2, 0.25) is 5.89 Å². The van der Waals surface area contributed by atoms with Crippen molar-refractivity contribution in [2.75, 3.05) is 37.0 Å². The third kappa shape index (κ3) is 3.56. The Hall–Kier alpha value is -1.24. The van der Waals surface area contributed by atoms with Crippen LogP contribution in [0, 0.1) is 0 Å². The van der Waals surface area contributed by atoms with E-state index in [1.54, 1.807) is 0 Å². The van der Waals surface area contributed by atoms with E-state index in [2.05, 4.69) is 27.2 Å². The summed E-state index contributed by atoms with van der Waals surface area (Å²) in [5.74, 6) is 2.85. The molecule has 5 nitrogen and oxygen atoms in total. The molecule has 0 radical (unpaired) electrons. The van der Waals surface area contributed by atoms with Gasteiger partial charge in [0.05, 0.1) is 6.54 Å². The normalized spacial score (nSPS) is 19.3. The standard InChI is InChI=1S/C15H19ClN4OS/c1-19(2)15-18-17-14(21-15)9-20-7-8-22-10-13(20)11-3-5-12(16)6-4-11/h3-6,13H,7-10H2,1-2H3/t13-/m0/s1. The van der Waals surface area contributed by atoms with Crippen LogP contribution in [0.5, 0.6) is 0 Å². The first-order valence-electron chi connectivity index (χ1n) is 7.20. The van der Waals surface area contributed by atoms with E-state index in [0.29, 0.717) is 24.5 Å². The lowest BCUT2D eigenvalue weighted by Crippen LogP contribution is -2.35. The number of halogens is 1. The highest BCUT2D eigenvalue weighted by Crippen LogP contribution is 2.31. The smallest absolute Gasteiger partial charge is 0.317 e. The molecule has 1 saturated heterocycles. The monoisotopic (exact) mass is 338 g/mol. The average molecular weight is 339 g/mol. The first-order valence-corrected chi connectivity index (χ1v) is 8.73. The zero-order valence-corrected chi connectivity index (χ0v) is 14.3. The summed E-state index contributed by atoms with van der Waals surface area (Å²) < 4.78 is 5.69. The molecule has 1 atom stereocenters. The lowest BCUT2D eigenvalue weighted by atomic mass is 10.1. The molecule has 7 heteroatoms. The van der Waals surface area contributed by atoms with Gasteiger partial charge in [-0.3, -0.25) is 4.90 Å². The van der Waals surface area contributed by atoms with Gasteiger partial charge >= 0.3 is 6.01 Å². The summed E-state index contributed by atoms with van der Waals surface area (Å²) in [7, 11) is 3.79. The van der Waals surface area contributed by atoms with Crippen LogP contribution in [0.2, 0.25) is 5.02 Å². The largest absolute Gasteiger partial charge is 0.407 e. The number of nitrogens with zero attached hydrogens (tertiary/aromatic N) is 4. The van der Waals surface area contributed by atoms with Crippen molar-refractivity contribution in [3.63, 3.8) is 0 Å². The van der Waals surface area contributed by atoms with Crippen LogP contribution in [0.25, 0.3) is 0 Å². The fourth-order valence-corrected chi connectivity index (χ4v) is 3.77. The minimum Gasteiger partial charge on any atom is -0.407 e. The maximum Gasteiger partial charge on any atom is 0.317 e. The summed E-state index contributed by atoms with van der Waals surface area (Å²) in [6, 6.07) is 9.00. The van der Waals surface area contributed by atoms with Gasteiger partial charge in [0.25, 0.3) is 0 Å². The van der Waals surface area contributed by atoms with Gasteiger partial charge in [-0.15, -0.1) is 5.10 Å². The van der Waals surface area contributed by atoms with Crippen LogP contribution in [-0.4, -0.2) is 47.2 Å². The van der Waals surface area contributed by atoms with Gasteiger partial charge in [0.15, 0.2) is 0 Å². The van der Waals surface area contributed by atoms with Gasteiger partial charge in [-0.2, -0.15) is 11.8 Å². The lowest BCUT2D eigenvalue weighted by Gasteiger charge is -2.34. The van der Waals surface area contributed by atoms with Gasteiger partial charge in [0.1, 0.15) is 0 Å². The summed E-state index contributed by atoms with van der Waals surface area (Å²) in [4.78, 5) is 4.21. The van der Waals surface area contributed by atoms with Crippen molar-refractivity contribution in [2.45, 2.75) is 12.6 Å². The molecule has 0 aliphatic carbocycles. The predicted molar refractivity (Wildman–Crippen MR) is 90.6 cm³/mol. The number of aromatic nitrogens is 2. The van der Waals surface area contributed by atoms with Crippen LogP contribution in [0.15, 0.2) is 28.7 Å². The minimum absolute atomic E-state index is 0.353. The second-order valence-corrected chi connectivity index (χ2v) is 7.07. The minimum atomic E-state index is 0.353. The Morgan fingerprint density at radius 2 is 2.09 bits per heavy atom. The zero-order valence-electron chi connectivity index (χ0n) is 12.7. The summed E-state index contributed by atoms with van der Waals surface area (Å²) in [5, 5.41) is 8.97. The molecule has 1 aliphatic heterocycles. The molecule has 3 rings (SSSR count). The van der Waals surface area contributed by atoms with Crippen molar-refractivity contribution in [3.8, 4) is 0 Å². The lowest BCUT2D eigenvalue weighted by molar-refractivity contribution is 0.192. The van der Waals surface area contributed by atoms with Crippen molar-refractivity contribution < 1.29 is 4.42 Å². The number of benzene rings is 1. The molecule has 2 aromatic rings. The van der Waals surface area contributed by atoms with Crippen LogP contribution in [-0.2, 0) is 6.54 Å². The van der Waals surface area contributed by atoms with E-state index in [4.69, 9.17) is 16.0 Å². The Bertz CT molecular complexity index is 616. The number of hydrogen-bond acceptors (Lipinski definition) is 6. The number of rotatable bonds is 4. The number of anilines is 1. The second-order valence-electron chi connectivity index (χ2n) is 5.49. The average Bonchev–Trinajstić information content (AvgIpc) is 2.98. The Morgan fingerprint density at radius 3 is 2.77 bits per heavy atom. The van der Waals surface area contributed by atoms with Crippen LogP contribution in [0.1, 0.15) is 17.5 Å². The molecule has 1 aliphatic rings. The molecule has 1 aromatic carbocycles. The van der Waals surface area contributed by atoms with E-state index >= 15 is 0 Å². The first kappa shape index (κ1) is 15.6. The highest BCUT2D eigenvalue weighted by Gasteiger charge is 2.26. The van der Waals surface area contributed by atoms with Crippen molar-refractivity contribution in [1.29, 1.82) is 0 Å². The van der Waals surface area contributed by atoms with E-state index in [1.165, 1.54) is 5.56 Å². The van der Waals surface area contributed by atoms with Gasteiger partial charge in [-0.05, 0) is 17.7 Å². The van der Waals surface area contributed by atoms with E-state index in [1.807, 2.05) is 42.9 Å². The number of thioether (sulfide) groups is 1. The molecule has 1 aromatic heterocycles. The van der Waals surface area contributed by atoms with Crippen LogP contribution in [0.4, 0.5) is 6.01 Å². The van der Waals surface area contributed by atoms with Crippen molar-refractivity contribution in [2.24, 2.45) is 0 Å². The Labute approximate surface area is 139 Å². The van der Waals surface area contributed by atoms with E-state index < -0.39 is 0 Å². The molecule has 0 amide bonds. The predicted octanol–water partition coefficient (Wildman–Crippen LogP) is 3.08. The quantitative estimate of drug-likeness (QED) is 0.853. The molecule has 0 N–H and O–H groups in total. The summed E-state index contributed by atoms with van der Waals surface area (Å²) in [6.45, 7) is 1.69. The molecular weight excluding hydrogens is 320 g/mol. The van der Waals surface area contributed by atoms with E-state index in [0.717, 1.165) is 23.1 Å². The van der Waals surface area contributed by atoms with Crippen molar-refractivity contribution in [1.82, 2.24) is 15.1 Å². The van der Waals surface area contributed by atoms with Gasteiger partial charge < -0.3 is 9.32 Å². The molecule has 22 heavy (non-hydrogen) atoms. The Balaban J connectivity index is 1.75. The molecule has 118 valence electrons. The molecule has 0 bridgehead atoms. The zero-order chi connectivity index (χ0) is 15.5. The first-order chi connectivity index (χ1) is 10.6. The fourth-order valence-electron chi connectivity index (χ4n) is 2.48. The van der Waals surface area contributed by atoms with Crippen LogP contribution in [0.3, 0.4) is 0 Å². The van der Waals surface area contributed by atoms with Crippen LogP contribution < -0.4 is 4.90 Å². The molecule has 2 heterocycles. The highest BCUT2D eigenvalue weighted by atomic mass is 35.5. The Kier molecular flexibility index (Phi) is 4.90. The maximum absolute atomic E-state index is 5.99. The third-order valence-corrected chi connectivity index (χ3v) is 4.95.